The maximum absolute atomic E-state index is 12.2. The van der Waals surface area contributed by atoms with Crippen molar-refractivity contribution in [3.63, 3.8) is 0 Å². The summed E-state index contributed by atoms with van der Waals surface area (Å²) in [5.74, 6) is 0. The molecule has 2 aromatic rings. The number of sulfonamides is 1. The van der Waals surface area contributed by atoms with E-state index in [1.54, 1.807) is 25.3 Å². The van der Waals surface area contributed by atoms with Gasteiger partial charge < -0.3 is 4.74 Å². The topological polar surface area (TPSA) is 55.4 Å². The number of benzene rings is 2. The molecular weight excluding hydrogens is 310 g/mol. The summed E-state index contributed by atoms with van der Waals surface area (Å²) in [6.07, 6.45) is 0. The minimum absolute atomic E-state index is 0.0831. The molecule has 0 fully saturated rings. The number of hydrogen-bond donors (Lipinski definition) is 1. The van der Waals surface area contributed by atoms with Crippen LogP contribution in [0.4, 0.5) is 0 Å². The van der Waals surface area contributed by atoms with Crippen molar-refractivity contribution in [2.75, 3.05) is 7.11 Å². The zero-order valence-corrected chi connectivity index (χ0v) is 13.1. The van der Waals surface area contributed by atoms with Crippen LogP contribution in [0.15, 0.2) is 53.4 Å². The van der Waals surface area contributed by atoms with Crippen LogP contribution in [0.5, 0.6) is 0 Å². The van der Waals surface area contributed by atoms with Crippen molar-refractivity contribution in [1.82, 2.24) is 4.72 Å². The summed E-state index contributed by atoms with van der Waals surface area (Å²) in [6, 6.07) is 13.9. The molecule has 0 spiro atoms. The van der Waals surface area contributed by atoms with Gasteiger partial charge in [0.1, 0.15) is 4.90 Å². The van der Waals surface area contributed by atoms with Crippen molar-refractivity contribution >= 4 is 21.6 Å². The Morgan fingerprint density at radius 1 is 1.10 bits per heavy atom. The molecule has 2 aromatic carbocycles. The second-order valence-electron chi connectivity index (χ2n) is 4.51. The van der Waals surface area contributed by atoms with Crippen LogP contribution >= 0.6 is 11.6 Å². The SMILES string of the molecule is COCc1cccc(CNS(=O)(=O)c2ccccc2Cl)c1. The van der Waals surface area contributed by atoms with E-state index >= 15 is 0 Å². The molecule has 0 saturated heterocycles. The first-order valence-electron chi connectivity index (χ1n) is 6.34. The Labute approximate surface area is 129 Å². The molecule has 0 saturated carbocycles. The largest absolute Gasteiger partial charge is 0.380 e. The van der Waals surface area contributed by atoms with E-state index in [-0.39, 0.29) is 16.5 Å². The number of methoxy groups -OCH3 is 1. The van der Waals surface area contributed by atoms with E-state index in [2.05, 4.69) is 4.72 Å². The van der Waals surface area contributed by atoms with Gasteiger partial charge in [0, 0.05) is 13.7 Å². The van der Waals surface area contributed by atoms with Crippen LogP contribution in [-0.4, -0.2) is 15.5 Å². The van der Waals surface area contributed by atoms with Gasteiger partial charge in [-0.25, -0.2) is 13.1 Å². The van der Waals surface area contributed by atoms with Gasteiger partial charge in [-0.2, -0.15) is 0 Å². The lowest BCUT2D eigenvalue weighted by Crippen LogP contribution is -2.23. The molecule has 0 aliphatic heterocycles. The smallest absolute Gasteiger partial charge is 0.242 e. The third kappa shape index (κ3) is 4.28. The number of nitrogens with one attached hydrogen (secondary N) is 1. The van der Waals surface area contributed by atoms with Gasteiger partial charge in [0.15, 0.2) is 0 Å². The quantitative estimate of drug-likeness (QED) is 0.888. The lowest BCUT2D eigenvalue weighted by Gasteiger charge is -2.09. The first kappa shape index (κ1) is 16.0. The minimum Gasteiger partial charge on any atom is -0.380 e. The molecule has 1 N–H and O–H groups in total. The molecule has 0 aliphatic carbocycles. The van der Waals surface area contributed by atoms with Crippen molar-refractivity contribution in [3.8, 4) is 0 Å². The summed E-state index contributed by atoms with van der Waals surface area (Å²) >= 11 is 5.92. The van der Waals surface area contributed by atoms with Gasteiger partial charge in [0.2, 0.25) is 10.0 Å². The van der Waals surface area contributed by atoms with Gasteiger partial charge in [-0.1, -0.05) is 48.0 Å². The molecular formula is C15H16ClNO3S. The molecule has 2 rings (SSSR count). The van der Waals surface area contributed by atoms with E-state index in [4.69, 9.17) is 16.3 Å². The van der Waals surface area contributed by atoms with Crippen LogP contribution in [0.2, 0.25) is 5.02 Å². The highest BCUT2D eigenvalue weighted by molar-refractivity contribution is 7.89. The molecule has 0 bridgehead atoms. The summed E-state index contributed by atoms with van der Waals surface area (Å²) in [6.45, 7) is 0.691. The fraction of sp³-hybridized carbons (Fsp3) is 0.200. The summed E-state index contributed by atoms with van der Waals surface area (Å²) in [4.78, 5) is 0.0831. The Morgan fingerprint density at radius 3 is 2.52 bits per heavy atom. The first-order valence-corrected chi connectivity index (χ1v) is 8.20. The zero-order valence-electron chi connectivity index (χ0n) is 11.5. The van der Waals surface area contributed by atoms with Crippen LogP contribution < -0.4 is 4.72 Å². The lowest BCUT2D eigenvalue weighted by molar-refractivity contribution is 0.185. The first-order chi connectivity index (χ1) is 10.0. The van der Waals surface area contributed by atoms with Crippen LogP contribution in [0.3, 0.4) is 0 Å². The standard InChI is InChI=1S/C15H16ClNO3S/c1-20-11-13-6-4-5-12(9-13)10-17-21(18,19)15-8-3-2-7-14(15)16/h2-9,17H,10-11H2,1H3. The molecule has 21 heavy (non-hydrogen) atoms. The van der Waals surface area contributed by atoms with E-state index in [0.717, 1.165) is 11.1 Å². The summed E-state index contributed by atoms with van der Waals surface area (Å²) in [7, 11) is -2.01. The molecule has 6 heteroatoms. The maximum Gasteiger partial charge on any atom is 0.242 e. The molecule has 0 amide bonds. The van der Waals surface area contributed by atoms with Gasteiger partial charge in [0.05, 0.1) is 11.6 Å². The average molecular weight is 326 g/mol. The molecule has 4 nitrogen and oxygen atoms in total. The second kappa shape index (κ2) is 7.04. The highest BCUT2D eigenvalue weighted by Crippen LogP contribution is 2.20. The summed E-state index contributed by atoms with van der Waals surface area (Å²) in [5.41, 5.74) is 1.85. The van der Waals surface area contributed by atoms with Gasteiger partial charge in [-0.05, 0) is 23.3 Å². The van der Waals surface area contributed by atoms with Crippen LogP contribution in [-0.2, 0) is 27.9 Å². The van der Waals surface area contributed by atoms with E-state index < -0.39 is 10.0 Å². The third-order valence-corrected chi connectivity index (χ3v) is 4.80. The highest BCUT2D eigenvalue weighted by Gasteiger charge is 2.16. The molecule has 112 valence electrons. The van der Waals surface area contributed by atoms with Gasteiger partial charge >= 0.3 is 0 Å². The second-order valence-corrected chi connectivity index (χ2v) is 6.65. The van der Waals surface area contributed by atoms with Crippen LogP contribution in [0.25, 0.3) is 0 Å². The Balaban J connectivity index is 2.12. The lowest BCUT2D eigenvalue weighted by atomic mass is 10.1. The fourth-order valence-electron chi connectivity index (χ4n) is 1.91. The summed E-state index contributed by atoms with van der Waals surface area (Å²) in [5, 5.41) is 0.207. The van der Waals surface area contributed by atoms with Gasteiger partial charge in [0.25, 0.3) is 0 Å². The Morgan fingerprint density at radius 2 is 1.81 bits per heavy atom. The molecule has 0 unspecified atom stereocenters. The van der Waals surface area contributed by atoms with Crippen molar-refractivity contribution in [3.05, 3.63) is 64.7 Å². The Kier molecular flexibility index (Phi) is 5.36. The molecule has 0 radical (unpaired) electrons. The van der Waals surface area contributed by atoms with Crippen molar-refractivity contribution in [2.24, 2.45) is 0 Å². The molecule has 0 heterocycles. The number of halogens is 1. The number of hydrogen-bond acceptors (Lipinski definition) is 3. The van der Waals surface area contributed by atoms with E-state index in [9.17, 15) is 8.42 Å². The minimum atomic E-state index is -3.63. The predicted molar refractivity (Wildman–Crippen MR) is 82.6 cm³/mol. The Bertz CT molecular complexity index is 716. The monoisotopic (exact) mass is 325 g/mol. The van der Waals surface area contributed by atoms with Gasteiger partial charge in [-0.3, -0.25) is 0 Å². The van der Waals surface area contributed by atoms with E-state index in [1.165, 1.54) is 6.07 Å². The van der Waals surface area contributed by atoms with Crippen LogP contribution in [0.1, 0.15) is 11.1 Å². The maximum atomic E-state index is 12.2. The fourth-order valence-corrected chi connectivity index (χ4v) is 3.45. The number of rotatable bonds is 6. The third-order valence-electron chi connectivity index (χ3n) is 2.89. The zero-order chi connectivity index (χ0) is 15.3. The molecule has 0 aromatic heterocycles. The predicted octanol–water partition coefficient (Wildman–Crippen LogP) is 2.96. The van der Waals surface area contributed by atoms with Crippen LogP contribution in [0, 0.1) is 0 Å². The van der Waals surface area contributed by atoms with E-state index in [1.807, 2.05) is 24.3 Å². The number of ether oxygens (including phenoxy) is 1. The van der Waals surface area contributed by atoms with Crippen molar-refractivity contribution in [2.45, 2.75) is 18.0 Å². The normalized spacial score (nSPS) is 11.5. The molecule has 0 aliphatic rings. The van der Waals surface area contributed by atoms with E-state index in [0.29, 0.717) is 6.61 Å². The average Bonchev–Trinajstić information content (AvgIpc) is 2.46. The van der Waals surface area contributed by atoms with Crippen molar-refractivity contribution < 1.29 is 13.2 Å². The van der Waals surface area contributed by atoms with Crippen molar-refractivity contribution in [1.29, 1.82) is 0 Å². The van der Waals surface area contributed by atoms with Gasteiger partial charge in [-0.15, -0.1) is 0 Å². The molecule has 0 atom stereocenters. The summed E-state index contributed by atoms with van der Waals surface area (Å²) < 4.78 is 32.0. The Hall–Kier alpha value is -1.40. The highest BCUT2D eigenvalue weighted by atomic mass is 35.5.